The minimum atomic E-state index is -0.218. The zero-order valence-electron chi connectivity index (χ0n) is 25.3. The number of piperazine rings is 1. The van der Waals surface area contributed by atoms with Gasteiger partial charge in [-0.2, -0.15) is 0 Å². The summed E-state index contributed by atoms with van der Waals surface area (Å²) in [6.45, 7) is 24.2. The van der Waals surface area contributed by atoms with Crippen LogP contribution in [0.1, 0.15) is 104 Å². The summed E-state index contributed by atoms with van der Waals surface area (Å²) in [5.74, 6) is 1.13. The maximum absolute atomic E-state index is 13.5. The predicted molar refractivity (Wildman–Crippen MR) is 155 cm³/mol. The second-order valence-corrected chi connectivity index (χ2v) is 13.3. The van der Waals surface area contributed by atoms with Gasteiger partial charge in [0.25, 0.3) is 5.91 Å². The zero-order valence-corrected chi connectivity index (χ0v) is 25.3. The molecule has 0 aromatic heterocycles. The van der Waals surface area contributed by atoms with Crippen molar-refractivity contribution in [2.75, 3.05) is 19.7 Å². The fourth-order valence-corrected chi connectivity index (χ4v) is 5.25. The molecule has 3 rings (SSSR count). The molecule has 0 radical (unpaired) electrons. The summed E-state index contributed by atoms with van der Waals surface area (Å²) in [5.41, 5.74) is 4.52. The molecule has 38 heavy (non-hydrogen) atoms. The summed E-state index contributed by atoms with van der Waals surface area (Å²) < 4.78 is 19.8. The second kappa shape index (κ2) is 11.8. The Kier molecular flexibility index (Phi) is 9.34. The summed E-state index contributed by atoms with van der Waals surface area (Å²) in [7, 11) is 0. The van der Waals surface area contributed by atoms with Crippen LogP contribution < -0.4 is 4.74 Å². The van der Waals surface area contributed by atoms with E-state index in [9.17, 15) is 9.18 Å². The van der Waals surface area contributed by atoms with Gasteiger partial charge in [0.2, 0.25) is 0 Å². The summed E-state index contributed by atoms with van der Waals surface area (Å²) in [4.78, 5) is 17.8. The fourth-order valence-electron chi connectivity index (χ4n) is 5.25. The van der Waals surface area contributed by atoms with Crippen molar-refractivity contribution in [2.45, 2.75) is 111 Å². The van der Waals surface area contributed by atoms with Crippen molar-refractivity contribution in [3.05, 3.63) is 64.5 Å². The lowest BCUT2D eigenvalue weighted by molar-refractivity contribution is -0.139. The van der Waals surface area contributed by atoms with Crippen LogP contribution in [0.3, 0.4) is 0 Å². The van der Waals surface area contributed by atoms with E-state index in [1.165, 1.54) is 28.8 Å². The first-order chi connectivity index (χ1) is 17.6. The molecule has 1 aliphatic rings. The number of amides is 1. The Balaban J connectivity index is 1.79. The first kappa shape index (κ1) is 30.1. The maximum atomic E-state index is 13.5. The average Bonchev–Trinajstić information content (AvgIpc) is 2.83. The standard InChI is InChI=1S/C33H49FN2O2/c1-11-22(2)26-16-28(32(5,6)7)31(29(17-26)33(8,9)10)38-21-30(37)36-19-23(3)35(18-24(36)4)20-25-12-14-27(34)15-13-25/h12-17,22-24H,11,18-21H2,1-10H3/t22?,23-,24+/m0/s1. The topological polar surface area (TPSA) is 32.8 Å². The third-order valence-electron chi connectivity index (χ3n) is 7.98. The van der Waals surface area contributed by atoms with Crippen molar-refractivity contribution in [1.82, 2.24) is 9.80 Å². The number of nitrogens with zero attached hydrogens (tertiary/aromatic N) is 2. The Labute approximate surface area is 230 Å². The second-order valence-electron chi connectivity index (χ2n) is 13.3. The Bertz CT molecular complexity index is 1060. The van der Waals surface area contributed by atoms with Gasteiger partial charge in [0.1, 0.15) is 11.6 Å². The molecule has 0 bridgehead atoms. The van der Waals surface area contributed by atoms with Crippen LogP contribution in [0.25, 0.3) is 0 Å². The van der Waals surface area contributed by atoms with E-state index in [-0.39, 0.29) is 41.2 Å². The van der Waals surface area contributed by atoms with Gasteiger partial charge in [-0.05, 0) is 60.3 Å². The van der Waals surface area contributed by atoms with Gasteiger partial charge in [0, 0.05) is 42.8 Å². The highest BCUT2D eigenvalue weighted by molar-refractivity contribution is 5.78. The van der Waals surface area contributed by atoms with Gasteiger partial charge < -0.3 is 9.64 Å². The van der Waals surface area contributed by atoms with E-state index in [0.717, 1.165) is 30.8 Å². The van der Waals surface area contributed by atoms with E-state index in [1.54, 1.807) is 0 Å². The molecule has 5 heteroatoms. The van der Waals surface area contributed by atoms with Crippen LogP contribution in [0.4, 0.5) is 4.39 Å². The van der Waals surface area contributed by atoms with Crippen molar-refractivity contribution in [3.8, 4) is 5.75 Å². The highest BCUT2D eigenvalue weighted by Gasteiger charge is 2.33. The minimum Gasteiger partial charge on any atom is -0.483 e. The first-order valence-electron chi connectivity index (χ1n) is 14.2. The van der Waals surface area contributed by atoms with E-state index in [1.807, 2.05) is 17.0 Å². The van der Waals surface area contributed by atoms with Crippen LogP contribution in [0.5, 0.6) is 5.75 Å². The summed E-state index contributed by atoms with van der Waals surface area (Å²) in [6, 6.07) is 11.5. The highest BCUT2D eigenvalue weighted by atomic mass is 19.1. The van der Waals surface area contributed by atoms with E-state index in [4.69, 9.17) is 4.74 Å². The Morgan fingerprint density at radius 3 is 2.03 bits per heavy atom. The molecule has 1 heterocycles. The Morgan fingerprint density at radius 2 is 1.53 bits per heavy atom. The molecule has 0 spiro atoms. The summed E-state index contributed by atoms with van der Waals surface area (Å²) >= 11 is 0. The van der Waals surface area contributed by atoms with Gasteiger partial charge in [-0.3, -0.25) is 9.69 Å². The molecule has 0 aliphatic carbocycles. The molecular formula is C33H49FN2O2. The fraction of sp³-hybridized carbons (Fsp3) is 0.606. The Hall–Kier alpha value is -2.40. The zero-order chi connectivity index (χ0) is 28.4. The number of rotatable bonds is 7. The maximum Gasteiger partial charge on any atom is 0.260 e. The molecule has 2 aromatic carbocycles. The molecular weight excluding hydrogens is 475 g/mol. The van der Waals surface area contributed by atoms with E-state index in [0.29, 0.717) is 12.5 Å². The van der Waals surface area contributed by atoms with Gasteiger partial charge in [-0.1, -0.05) is 79.7 Å². The monoisotopic (exact) mass is 524 g/mol. The van der Waals surface area contributed by atoms with Crippen molar-refractivity contribution < 1.29 is 13.9 Å². The van der Waals surface area contributed by atoms with Crippen LogP contribution in [0.15, 0.2) is 36.4 Å². The van der Waals surface area contributed by atoms with E-state index in [2.05, 4.69) is 86.3 Å². The number of carbonyl (C=O) groups is 1. The molecule has 2 aromatic rings. The number of ether oxygens (including phenoxy) is 1. The number of carbonyl (C=O) groups excluding carboxylic acids is 1. The molecule has 1 amide bonds. The van der Waals surface area contributed by atoms with E-state index < -0.39 is 0 Å². The van der Waals surface area contributed by atoms with Crippen LogP contribution >= 0.6 is 0 Å². The van der Waals surface area contributed by atoms with Gasteiger partial charge in [-0.15, -0.1) is 0 Å². The highest BCUT2D eigenvalue weighted by Crippen LogP contribution is 2.42. The minimum absolute atomic E-state index is 0.0245. The molecule has 1 unspecified atom stereocenters. The quantitative estimate of drug-likeness (QED) is 0.377. The van der Waals surface area contributed by atoms with Crippen molar-refractivity contribution in [3.63, 3.8) is 0 Å². The Morgan fingerprint density at radius 1 is 0.974 bits per heavy atom. The van der Waals surface area contributed by atoms with Crippen molar-refractivity contribution in [2.24, 2.45) is 0 Å². The van der Waals surface area contributed by atoms with Crippen molar-refractivity contribution >= 4 is 5.91 Å². The molecule has 1 fully saturated rings. The van der Waals surface area contributed by atoms with Gasteiger partial charge in [-0.25, -0.2) is 4.39 Å². The lowest BCUT2D eigenvalue weighted by Gasteiger charge is -2.44. The number of hydrogen-bond donors (Lipinski definition) is 0. The van der Waals surface area contributed by atoms with Gasteiger partial charge in [0.05, 0.1) is 0 Å². The molecule has 0 saturated carbocycles. The number of hydrogen-bond acceptors (Lipinski definition) is 3. The van der Waals surface area contributed by atoms with Gasteiger partial charge >= 0.3 is 0 Å². The smallest absolute Gasteiger partial charge is 0.260 e. The first-order valence-corrected chi connectivity index (χ1v) is 14.2. The third kappa shape index (κ3) is 7.16. The number of halogens is 1. The normalized spacial score (nSPS) is 19.9. The van der Waals surface area contributed by atoms with Crippen LogP contribution in [0.2, 0.25) is 0 Å². The molecule has 3 atom stereocenters. The molecule has 1 saturated heterocycles. The number of benzene rings is 2. The summed E-state index contributed by atoms with van der Waals surface area (Å²) in [6.07, 6.45) is 1.08. The van der Waals surface area contributed by atoms with Gasteiger partial charge in [0.15, 0.2) is 6.61 Å². The van der Waals surface area contributed by atoms with Crippen molar-refractivity contribution in [1.29, 1.82) is 0 Å². The molecule has 0 N–H and O–H groups in total. The SMILES string of the molecule is CCC(C)c1cc(C(C)(C)C)c(OCC(=O)N2C[C@H](C)N(Cc3ccc(F)cc3)C[C@H]2C)c(C(C)(C)C)c1. The van der Waals surface area contributed by atoms with E-state index >= 15 is 0 Å². The van der Waals surface area contributed by atoms with Crippen LogP contribution in [-0.2, 0) is 22.2 Å². The molecule has 210 valence electrons. The average molecular weight is 525 g/mol. The van der Waals surface area contributed by atoms with Crippen LogP contribution in [-0.4, -0.2) is 47.5 Å². The lowest BCUT2D eigenvalue weighted by Crippen LogP contribution is -2.58. The summed E-state index contributed by atoms with van der Waals surface area (Å²) in [5, 5.41) is 0. The molecule has 4 nitrogen and oxygen atoms in total. The largest absolute Gasteiger partial charge is 0.483 e. The lowest BCUT2D eigenvalue weighted by atomic mass is 9.77. The third-order valence-corrected chi connectivity index (χ3v) is 7.98. The van der Waals surface area contributed by atoms with Crippen LogP contribution in [0, 0.1) is 5.82 Å². The molecule has 1 aliphatic heterocycles. The predicted octanol–water partition coefficient (Wildman–Crippen LogP) is 7.43.